The van der Waals surface area contributed by atoms with Gasteiger partial charge in [-0.2, -0.15) is 0 Å². The Kier molecular flexibility index (Phi) is 6.62. The maximum absolute atomic E-state index is 12.7. The summed E-state index contributed by atoms with van der Waals surface area (Å²) in [6.45, 7) is 3.76. The highest BCUT2D eigenvalue weighted by atomic mass is 16.5. The number of pyridine rings is 1. The Bertz CT molecular complexity index is 1090. The summed E-state index contributed by atoms with van der Waals surface area (Å²) >= 11 is 0. The van der Waals surface area contributed by atoms with Crippen LogP contribution in [0.4, 0.5) is 0 Å². The van der Waals surface area contributed by atoms with Gasteiger partial charge >= 0.3 is 0 Å². The van der Waals surface area contributed by atoms with Gasteiger partial charge in [0, 0.05) is 51.4 Å². The number of nitrogens with zero attached hydrogens (tertiary/aromatic N) is 4. The van der Waals surface area contributed by atoms with E-state index >= 15 is 0 Å². The summed E-state index contributed by atoms with van der Waals surface area (Å²) in [5, 5.41) is 0. The van der Waals surface area contributed by atoms with Gasteiger partial charge in [-0.05, 0) is 42.7 Å². The Labute approximate surface area is 181 Å². The van der Waals surface area contributed by atoms with Gasteiger partial charge in [-0.1, -0.05) is 18.2 Å². The molecule has 31 heavy (non-hydrogen) atoms. The first-order chi connectivity index (χ1) is 15.1. The lowest BCUT2D eigenvalue weighted by Gasteiger charge is -2.22. The molecule has 0 atom stereocenters. The Hall–Kier alpha value is -3.19. The largest absolute Gasteiger partial charge is 0.497 e. The predicted octanol–water partition coefficient (Wildman–Crippen LogP) is 2.37. The van der Waals surface area contributed by atoms with E-state index < -0.39 is 0 Å². The van der Waals surface area contributed by atoms with Crippen molar-refractivity contribution in [2.75, 3.05) is 33.3 Å². The van der Waals surface area contributed by atoms with Crippen molar-refractivity contribution in [2.45, 2.75) is 25.8 Å². The Balaban J connectivity index is 1.31. The molecular formula is C24H28N4O3. The summed E-state index contributed by atoms with van der Waals surface area (Å²) in [5.41, 5.74) is 2.51. The van der Waals surface area contributed by atoms with Crippen LogP contribution < -0.4 is 10.3 Å². The van der Waals surface area contributed by atoms with Crippen molar-refractivity contribution in [3.05, 3.63) is 76.3 Å². The van der Waals surface area contributed by atoms with Crippen LogP contribution in [-0.4, -0.2) is 58.4 Å². The van der Waals surface area contributed by atoms with E-state index in [2.05, 4.69) is 9.88 Å². The molecule has 3 heterocycles. The molecule has 0 bridgehead atoms. The highest BCUT2D eigenvalue weighted by Crippen LogP contribution is 2.14. The maximum atomic E-state index is 12.7. The van der Waals surface area contributed by atoms with Gasteiger partial charge in [0.1, 0.15) is 11.4 Å². The van der Waals surface area contributed by atoms with Gasteiger partial charge in [-0.15, -0.1) is 0 Å². The lowest BCUT2D eigenvalue weighted by atomic mass is 10.1. The molecule has 3 aromatic rings. The van der Waals surface area contributed by atoms with Crippen molar-refractivity contribution in [2.24, 2.45) is 0 Å². The van der Waals surface area contributed by atoms with E-state index in [4.69, 9.17) is 4.74 Å². The van der Waals surface area contributed by atoms with Crippen molar-refractivity contribution in [1.82, 2.24) is 19.2 Å². The topological polar surface area (TPSA) is 67.2 Å². The predicted molar refractivity (Wildman–Crippen MR) is 119 cm³/mol. The molecule has 4 rings (SSSR count). The number of methoxy groups -OCH3 is 1. The van der Waals surface area contributed by atoms with Crippen LogP contribution in [0.25, 0.3) is 5.65 Å². The van der Waals surface area contributed by atoms with E-state index in [1.807, 2.05) is 47.4 Å². The molecule has 1 saturated heterocycles. The molecule has 0 radical (unpaired) electrons. The van der Waals surface area contributed by atoms with Crippen LogP contribution >= 0.6 is 0 Å². The average Bonchev–Trinajstić information content (AvgIpc) is 3.03. The molecule has 0 N–H and O–H groups in total. The fourth-order valence-corrected chi connectivity index (χ4v) is 3.99. The van der Waals surface area contributed by atoms with E-state index in [1.54, 1.807) is 23.8 Å². The van der Waals surface area contributed by atoms with Gasteiger partial charge in [0.05, 0.1) is 12.8 Å². The monoisotopic (exact) mass is 420 g/mol. The minimum atomic E-state index is -0.0641. The highest BCUT2D eigenvalue weighted by molar-refractivity contribution is 5.76. The first kappa shape index (κ1) is 21.1. The molecule has 1 aliphatic heterocycles. The van der Waals surface area contributed by atoms with E-state index in [1.165, 1.54) is 0 Å². The van der Waals surface area contributed by atoms with Crippen LogP contribution in [0.2, 0.25) is 0 Å². The van der Waals surface area contributed by atoms with E-state index in [9.17, 15) is 9.59 Å². The number of ether oxygens (including phenoxy) is 1. The summed E-state index contributed by atoms with van der Waals surface area (Å²) in [5.74, 6) is 1.02. The normalized spacial score (nSPS) is 15.1. The van der Waals surface area contributed by atoms with Crippen LogP contribution in [0, 0.1) is 0 Å². The first-order valence-corrected chi connectivity index (χ1v) is 10.7. The Morgan fingerprint density at radius 3 is 2.71 bits per heavy atom. The van der Waals surface area contributed by atoms with Crippen molar-refractivity contribution in [3.63, 3.8) is 0 Å². The smallest absolute Gasteiger partial charge is 0.258 e. The van der Waals surface area contributed by atoms with Crippen molar-refractivity contribution in [3.8, 4) is 5.75 Å². The number of rotatable bonds is 6. The standard InChI is InChI=1S/C24H28N4O3/c1-31-21-9-6-19(7-10-21)8-11-23(29)27-13-4-12-26(15-16-27)18-20-17-24(30)28-14-3-2-5-22(28)25-20/h2-3,5-7,9-10,14,17H,4,8,11-13,15-16,18H2,1H3. The first-order valence-electron chi connectivity index (χ1n) is 10.7. The Morgan fingerprint density at radius 2 is 1.90 bits per heavy atom. The maximum Gasteiger partial charge on any atom is 0.258 e. The number of aryl methyl sites for hydroxylation is 1. The van der Waals surface area contributed by atoms with Gasteiger partial charge in [0.2, 0.25) is 5.91 Å². The van der Waals surface area contributed by atoms with E-state index in [-0.39, 0.29) is 11.5 Å². The Morgan fingerprint density at radius 1 is 1.06 bits per heavy atom. The second kappa shape index (κ2) is 9.75. The number of amides is 1. The van der Waals surface area contributed by atoms with Gasteiger partial charge in [-0.3, -0.25) is 18.9 Å². The second-order valence-corrected chi connectivity index (χ2v) is 7.87. The molecule has 0 aliphatic carbocycles. The number of aromatic nitrogens is 2. The molecule has 1 aliphatic rings. The average molecular weight is 421 g/mol. The zero-order valence-electron chi connectivity index (χ0n) is 17.9. The number of fused-ring (bicyclic) bond motifs is 1. The van der Waals surface area contributed by atoms with Crippen LogP contribution in [0.15, 0.2) is 59.5 Å². The van der Waals surface area contributed by atoms with Crippen molar-refractivity contribution >= 4 is 11.6 Å². The quantitative estimate of drug-likeness (QED) is 0.613. The fourth-order valence-electron chi connectivity index (χ4n) is 3.99. The fraction of sp³-hybridized carbons (Fsp3) is 0.375. The summed E-state index contributed by atoms with van der Waals surface area (Å²) in [4.78, 5) is 33.9. The van der Waals surface area contributed by atoms with Crippen LogP contribution in [0.3, 0.4) is 0 Å². The zero-order valence-corrected chi connectivity index (χ0v) is 17.9. The van der Waals surface area contributed by atoms with Gasteiger partial charge in [0.25, 0.3) is 5.56 Å². The zero-order chi connectivity index (χ0) is 21.6. The van der Waals surface area contributed by atoms with Gasteiger partial charge in [-0.25, -0.2) is 4.98 Å². The molecule has 0 unspecified atom stereocenters. The molecular weight excluding hydrogens is 392 g/mol. The summed E-state index contributed by atoms with van der Waals surface area (Å²) in [7, 11) is 1.65. The van der Waals surface area contributed by atoms with E-state index in [0.717, 1.165) is 49.5 Å². The molecule has 1 amide bonds. The number of hydrogen-bond acceptors (Lipinski definition) is 5. The number of benzene rings is 1. The molecule has 7 heteroatoms. The van der Waals surface area contributed by atoms with Gasteiger partial charge < -0.3 is 9.64 Å². The summed E-state index contributed by atoms with van der Waals surface area (Å²) < 4.78 is 6.73. The minimum Gasteiger partial charge on any atom is -0.497 e. The van der Waals surface area contributed by atoms with Crippen LogP contribution in [-0.2, 0) is 17.8 Å². The molecule has 7 nitrogen and oxygen atoms in total. The summed E-state index contributed by atoms with van der Waals surface area (Å²) in [6, 6.07) is 15.0. The molecule has 1 aromatic carbocycles. The molecule has 1 fully saturated rings. The second-order valence-electron chi connectivity index (χ2n) is 7.87. The molecule has 0 saturated carbocycles. The minimum absolute atomic E-state index is 0.0641. The number of hydrogen-bond donors (Lipinski definition) is 0. The molecule has 0 spiro atoms. The number of carbonyl (C=O) groups excluding carboxylic acids is 1. The summed E-state index contributed by atoms with van der Waals surface area (Å²) in [6.07, 6.45) is 3.89. The van der Waals surface area contributed by atoms with Crippen molar-refractivity contribution in [1.29, 1.82) is 0 Å². The molecule has 2 aromatic heterocycles. The molecule has 162 valence electrons. The van der Waals surface area contributed by atoms with Crippen LogP contribution in [0.1, 0.15) is 24.1 Å². The highest BCUT2D eigenvalue weighted by Gasteiger charge is 2.19. The lowest BCUT2D eigenvalue weighted by Crippen LogP contribution is -2.35. The SMILES string of the molecule is COc1ccc(CCC(=O)N2CCCN(Cc3cc(=O)n4ccccc4n3)CC2)cc1. The third-order valence-corrected chi connectivity index (χ3v) is 5.74. The third kappa shape index (κ3) is 5.30. The third-order valence-electron chi connectivity index (χ3n) is 5.74. The van der Waals surface area contributed by atoms with Crippen LogP contribution in [0.5, 0.6) is 5.75 Å². The number of carbonyl (C=O) groups is 1. The lowest BCUT2D eigenvalue weighted by molar-refractivity contribution is -0.131. The van der Waals surface area contributed by atoms with Gasteiger partial charge in [0.15, 0.2) is 0 Å². The van der Waals surface area contributed by atoms with E-state index in [0.29, 0.717) is 25.2 Å². The van der Waals surface area contributed by atoms with Crippen molar-refractivity contribution < 1.29 is 9.53 Å².